The molecule has 1 N–H and O–H groups in total. The van der Waals surface area contributed by atoms with E-state index in [1.54, 1.807) is 0 Å². The smallest absolute Gasteiger partial charge is 0.0650 e. The van der Waals surface area contributed by atoms with E-state index >= 15 is 0 Å². The predicted octanol–water partition coefficient (Wildman–Crippen LogP) is 6.59. The van der Waals surface area contributed by atoms with Crippen molar-refractivity contribution < 1.29 is 5.11 Å². The summed E-state index contributed by atoms with van der Waals surface area (Å²) in [4.78, 5) is 0. The van der Waals surface area contributed by atoms with Gasteiger partial charge in [-0.05, 0) is 73.4 Å². The average Bonchev–Trinajstić information content (AvgIpc) is 2.59. The molecule has 0 radical (unpaired) electrons. The van der Waals surface area contributed by atoms with Gasteiger partial charge in [0.05, 0.1) is 5.60 Å². The highest BCUT2D eigenvalue weighted by Crippen LogP contribution is 2.35. The van der Waals surface area contributed by atoms with Crippen LogP contribution in [0.25, 0.3) is 0 Å². The summed E-state index contributed by atoms with van der Waals surface area (Å²) in [6.07, 6.45) is 8.33. The zero-order valence-electron chi connectivity index (χ0n) is 14.6. The van der Waals surface area contributed by atoms with Crippen molar-refractivity contribution in [3.63, 3.8) is 0 Å². The Morgan fingerprint density at radius 3 is 1.96 bits per heavy atom. The van der Waals surface area contributed by atoms with Crippen molar-refractivity contribution in [3.8, 4) is 0 Å². The van der Waals surface area contributed by atoms with Crippen LogP contribution in [0, 0.1) is 5.92 Å². The highest BCUT2D eigenvalue weighted by atomic mass is 79.9. The Balaban J connectivity index is 1.74. The van der Waals surface area contributed by atoms with Gasteiger partial charge >= 0.3 is 0 Å². The van der Waals surface area contributed by atoms with E-state index in [1.165, 1.54) is 17.5 Å². The number of halogens is 2. The minimum atomic E-state index is -0.481. The van der Waals surface area contributed by atoms with Crippen LogP contribution in [0.2, 0.25) is 5.02 Å². The Labute approximate surface area is 164 Å². The van der Waals surface area contributed by atoms with Gasteiger partial charge in [-0.1, -0.05) is 71.1 Å². The third-order valence-electron chi connectivity index (χ3n) is 5.33. The Kier molecular flexibility index (Phi) is 6.60. The molecule has 0 amide bonds. The molecule has 134 valence electrons. The monoisotopic (exact) mass is 420 g/mol. The lowest BCUT2D eigenvalue weighted by Gasteiger charge is -2.35. The van der Waals surface area contributed by atoms with Gasteiger partial charge in [-0.2, -0.15) is 0 Å². The van der Waals surface area contributed by atoms with Gasteiger partial charge in [-0.3, -0.25) is 0 Å². The lowest BCUT2D eigenvalue weighted by molar-refractivity contribution is -0.0176. The van der Waals surface area contributed by atoms with Gasteiger partial charge < -0.3 is 5.11 Å². The van der Waals surface area contributed by atoms with Gasteiger partial charge in [0, 0.05) is 9.50 Å². The van der Waals surface area contributed by atoms with Crippen LogP contribution in [-0.2, 0) is 12.8 Å². The first kappa shape index (κ1) is 18.9. The van der Waals surface area contributed by atoms with Gasteiger partial charge in [0.15, 0.2) is 0 Å². The second-order valence-corrected chi connectivity index (χ2v) is 8.87. The summed E-state index contributed by atoms with van der Waals surface area (Å²) in [5, 5.41) is 11.8. The average molecular weight is 422 g/mol. The molecule has 1 unspecified atom stereocenters. The van der Waals surface area contributed by atoms with Gasteiger partial charge in [0.25, 0.3) is 0 Å². The third-order valence-corrected chi connectivity index (χ3v) is 6.11. The van der Waals surface area contributed by atoms with Crippen LogP contribution in [0.3, 0.4) is 0 Å². The lowest BCUT2D eigenvalue weighted by Crippen LogP contribution is -2.34. The number of benzene rings is 2. The van der Waals surface area contributed by atoms with E-state index in [-0.39, 0.29) is 0 Å². The van der Waals surface area contributed by atoms with Gasteiger partial charge in [-0.25, -0.2) is 0 Å². The quantitative estimate of drug-likeness (QED) is 0.558. The Morgan fingerprint density at radius 1 is 0.880 bits per heavy atom. The summed E-state index contributed by atoms with van der Waals surface area (Å²) in [5.74, 6) is 0.436. The molecule has 0 spiro atoms. The Bertz CT molecular complexity index is 612. The fourth-order valence-corrected chi connectivity index (χ4v) is 4.47. The summed E-state index contributed by atoms with van der Waals surface area (Å²) in [7, 11) is 0. The summed E-state index contributed by atoms with van der Waals surface area (Å²) < 4.78 is 1.11. The van der Waals surface area contributed by atoms with Crippen LogP contribution >= 0.6 is 27.5 Å². The van der Waals surface area contributed by atoms with E-state index in [1.807, 2.05) is 12.1 Å². The Morgan fingerprint density at radius 2 is 1.40 bits per heavy atom. The summed E-state index contributed by atoms with van der Waals surface area (Å²) >= 11 is 9.53. The molecule has 2 aromatic carbocycles. The second-order valence-electron chi connectivity index (χ2n) is 7.52. The number of aliphatic hydroxyl groups is 1. The second kappa shape index (κ2) is 8.70. The van der Waals surface area contributed by atoms with Gasteiger partial charge in [-0.15, -0.1) is 0 Å². The van der Waals surface area contributed by atoms with Crippen LogP contribution in [0.15, 0.2) is 53.0 Å². The molecule has 0 bridgehead atoms. The zero-order chi connectivity index (χ0) is 17.7. The maximum absolute atomic E-state index is 11.1. The van der Waals surface area contributed by atoms with Gasteiger partial charge in [0.2, 0.25) is 0 Å². The molecule has 2 aromatic rings. The first-order chi connectivity index (χ1) is 12.0. The normalized spacial score (nSPS) is 18.0. The van der Waals surface area contributed by atoms with E-state index in [2.05, 4.69) is 52.3 Å². The predicted molar refractivity (Wildman–Crippen MR) is 109 cm³/mol. The minimum Gasteiger partial charge on any atom is -0.390 e. The lowest BCUT2D eigenvalue weighted by atomic mass is 9.76. The first-order valence-corrected chi connectivity index (χ1v) is 10.4. The van der Waals surface area contributed by atoms with E-state index < -0.39 is 5.60 Å². The number of rotatable bonds is 6. The van der Waals surface area contributed by atoms with E-state index in [0.29, 0.717) is 5.92 Å². The minimum absolute atomic E-state index is 0.436. The molecular formula is C22H26BrClO. The number of hydrogen-bond donors (Lipinski definition) is 1. The van der Waals surface area contributed by atoms with E-state index in [0.717, 1.165) is 54.4 Å². The molecular weight excluding hydrogens is 396 g/mol. The van der Waals surface area contributed by atoms with Crippen LogP contribution in [0.5, 0.6) is 0 Å². The standard InChI is InChI=1S/C22H26BrClO/c23-20-8-4-17(5-9-20)14-19(15-18-6-10-21(24)11-7-18)16-22(25)12-2-1-3-13-22/h4-11,19,25H,1-3,12-16H2. The molecule has 1 fully saturated rings. The Hall–Kier alpha value is -0.830. The van der Waals surface area contributed by atoms with Crippen LogP contribution in [-0.4, -0.2) is 10.7 Å². The fourth-order valence-electron chi connectivity index (χ4n) is 4.08. The van der Waals surface area contributed by atoms with Crippen LogP contribution in [0.1, 0.15) is 49.7 Å². The molecule has 25 heavy (non-hydrogen) atoms. The van der Waals surface area contributed by atoms with Crippen molar-refractivity contribution in [2.24, 2.45) is 5.92 Å². The highest BCUT2D eigenvalue weighted by molar-refractivity contribution is 9.10. The molecule has 1 saturated carbocycles. The number of hydrogen-bond acceptors (Lipinski definition) is 1. The maximum Gasteiger partial charge on any atom is 0.0650 e. The van der Waals surface area contributed by atoms with Crippen molar-refractivity contribution in [3.05, 3.63) is 69.2 Å². The highest BCUT2D eigenvalue weighted by Gasteiger charge is 2.32. The topological polar surface area (TPSA) is 20.2 Å². The van der Waals surface area contributed by atoms with Crippen molar-refractivity contribution in [1.29, 1.82) is 0 Å². The molecule has 0 aliphatic heterocycles. The molecule has 1 nitrogen and oxygen atoms in total. The van der Waals surface area contributed by atoms with Crippen LogP contribution < -0.4 is 0 Å². The molecule has 1 atom stereocenters. The molecule has 1 aliphatic carbocycles. The van der Waals surface area contributed by atoms with Crippen molar-refractivity contribution in [2.45, 2.75) is 57.0 Å². The summed E-state index contributed by atoms with van der Waals surface area (Å²) in [6, 6.07) is 16.7. The third kappa shape index (κ3) is 5.84. The SMILES string of the molecule is OC1(CC(Cc2ccc(Cl)cc2)Cc2ccc(Br)cc2)CCCCC1. The van der Waals surface area contributed by atoms with Crippen LogP contribution in [0.4, 0.5) is 0 Å². The molecule has 1 aliphatic rings. The molecule has 3 rings (SSSR count). The van der Waals surface area contributed by atoms with Crippen molar-refractivity contribution in [2.75, 3.05) is 0 Å². The molecule has 0 aromatic heterocycles. The zero-order valence-corrected chi connectivity index (χ0v) is 16.9. The summed E-state index contributed by atoms with van der Waals surface area (Å²) in [5.41, 5.74) is 2.15. The molecule has 0 heterocycles. The fraction of sp³-hybridized carbons (Fsp3) is 0.455. The van der Waals surface area contributed by atoms with E-state index in [4.69, 9.17) is 11.6 Å². The summed E-state index contributed by atoms with van der Waals surface area (Å²) in [6.45, 7) is 0. The van der Waals surface area contributed by atoms with E-state index in [9.17, 15) is 5.11 Å². The molecule has 0 saturated heterocycles. The maximum atomic E-state index is 11.1. The molecule has 3 heteroatoms. The van der Waals surface area contributed by atoms with Gasteiger partial charge in [0.1, 0.15) is 0 Å². The van der Waals surface area contributed by atoms with Crippen molar-refractivity contribution >= 4 is 27.5 Å². The first-order valence-electron chi connectivity index (χ1n) is 9.24. The van der Waals surface area contributed by atoms with Crippen molar-refractivity contribution in [1.82, 2.24) is 0 Å². The largest absolute Gasteiger partial charge is 0.390 e.